The second kappa shape index (κ2) is 14.0. The number of hydrogen-bond acceptors (Lipinski definition) is 7. The number of piperidine rings is 1. The summed E-state index contributed by atoms with van der Waals surface area (Å²) >= 11 is 12.3. The highest BCUT2D eigenvalue weighted by Crippen LogP contribution is 2.35. The van der Waals surface area contributed by atoms with Crippen molar-refractivity contribution in [2.75, 3.05) is 38.2 Å². The number of hydrogen-bond donors (Lipinski definition) is 3. The molecule has 1 aromatic heterocycles. The molecule has 0 bridgehead atoms. The summed E-state index contributed by atoms with van der Waals surface area (Å²) in [6, 6.07) is 24.2. The van der Waals surface area contributed by atoms with E-state index in [-0.39, 0.29) is 5.92 Å². The van der Waals surface area contributed by atoms with E-state index >= 15 is 0 Å². The molecule has 0 aliphatic carbocycles. The Kier molecular flexibility index (Phi) is 9.66. The van der Waals surface area contributed by atoms with Crippen LogP contribution < -0.4 is 20.1 Å². The van der Waals surface area contributed by atoms with Crippen LogP contribution in [0.15, 0.2) is 85.2 Å². The van der Waals surface area contributed by atoms with Crippen molar-refractivity contribution >= 4 is 28.9 Å². The zero-order valence-corrected chi connectivity index (χ0v) is 25.4. The maximum absolute atomic E-state index is 10.8. The molecule has 43 heavy (non-hydrogen) atoms. The molecule has 224 valence electrons. The van der Waals surface area contributed by atoms with Crippen molar-refractivity contribution < 1.29 is 14.6 Å². The largest absolute Gasteiger partial charge is 0.486 e. The molecule has 6 rings (SSSR count). The summed E-state index contributed by atoms with van der Waals surface area (Å²) in [5, 5.41) is 18.2. The summed E-state index contributed by atoms with van der Waals surface area (Å²) in [6.07, 6.45) is 4.84. The van der Waals surface area contributed by atoms with Gasteiger partial charge in [0.25, 0.3) is 0 Å². The van der Waals surface area contributed by atoms with Gasteiger partial charge in [-0.1, -0.05) is 59.6 Å². The van der Waals surface area contributed by atoms with Gasteiger partial charge in [-0.3, -0.25) is 15.2 Å². The number of halogens is 2. The number of anilines is 1. The number of likely N-dealkylation sites (tertiary alicyclic amines) is 1. The molecule has 2 aliphatic heterocycles. The molecule has 9 heteroatoms. The van der Waals surface area contributed by atoms with Gasteiger partial charge in [0.15, 0.2) is 17.9 Å². The Morgan fingerprint density at radius 3 is 2.35 bits per heavy atom. The summed E-state index contributed by atoms with van der Waals surface area (Å²) in [5.41, 5.74) is 5.38. The fourth-order valence-corrected chi connectivity index (χ4v) is 6.58. The molecule has 2 atom stereocenters. The molecule has 0 spiro atoms. The van der Waals surface area contributed by atoms with E-state index < -0.39 is 6.35 Å². The van der Waals surface area contributed by atoms with E-state index in [0.29, 0.717) is 41.4 Å². The van der Waals surface area contributed by atoms with E-state index in [1.165, 1.54) is 11.1 Å². The number of aliphatic hydroxyl groups excluding tert-OH is 1. The van der Waals surface area contributed by atoms with Crippen LogP contribution in [-0.2, 0) is 6.54 Å². The molecular weight excluding hydrogens is 583 g/mol. The van der Waals surface area contributed by atoms with Gasteiger partial charge >= 0.3 is 0 Å². The van der Waals surface area contributed by atoms with Crippen molar-refractivity contribution in [2.24, 2.45) is 5.92 Å². The molecule has 2 unspecified atom stereocenters. The van der Waals surface area contributed by atoms with Crippen LogP contribution in [0.5, 0.6) is 11.5 Å². The molecule has 3 heterocycles. The number of benzene rings is 3. The van der Waals surface area contributed by atoms with Gasteiger partial charge in [-0.2, -0.15) is 0 Å². The monoisotopic (exact) mass is 618 g/mol. The van der Waals surface area contributed by atoms with Gasteiger partial charge in [-0.25, -0.2) is 0 Å². The van der Waals surface area contributed by atoms with Crippen molar-refractivity contribution in [1.82, 2.24) is 15.2 Å². The van der Waals surface area contributed by atoms with E-state index in [2.05, 4.69) is 63.0 Å². The van der Waals surface area contributed by atoms with E-state index in [1.807, 2.05) is 18.3 Å². The number of nitrogens with zero attached hydrogens (tertiary/aromatic N) is 2. The average Bonchev–Trinajstić information content (AvgIpc) is 3.02. The molecule has 0 radical (unpaired) electrons. The fourth-order valence-electron chi connectivity index (χ4n) is 6.06. The van der Waals surface area contributed by atoms with Crippen molar-refractivity contribution in [3.05, 3.63) is 106 Å². The van der Waals surface area contributed by atoms with E-state index in [0.717, 1.165) is 55.1 Å². The number of ether oxygens (including phenoxy) is 2. The Bertz CT molecular complexity index is 1480. The first kappa shape index (κ1) is 29.7. The minimum absolute atomic E-state index is 0.221. The first-order valence-corrected chi connectivity index (χ1v) is 15.5. The highest BCUT2D eigenvalue weighted by molar-refractivity contribution is 6.35. The van der Waals surface area contributed by atoms with Gasteiger partial charge in [0.1, 0.15) is 13.2 Å². The van der Waals surface area contributed by atoms with Crippen molar-refractivity contribution in [2.45, 2.75) is 31.7 Å². The first-order chi connectivity index (χ1) is 21.0. The normalized spacial score (nSPS) is 16.9. The highest BCUT2D eigenvalue weighted by atomic mass is 35.5. The summed E-state index contributed by atoms with van der Waals surface area (Å²) in [6.45, 7) is 4.70. The number of nitrogens with one attached hydrogen (secondary N) is 2. The van der Waals surface area contributed by atoms with Crippen LogP contribution in [0.25, 0.3) is 11.1 Å². The number of pyridine rings is 1. The Morgan fingerprint density at radius 1 is 0.884 bits per heavy atom. The minimum atomic E-state index is -0.956. The van der Waals surface area contributed by atoms with Crippen LogP contribution in [0.2, 0.25) is 10.0 Å². The number of aliphatic hydroxyl groups is 1. The van der Waals surface area contributed by atoms with Crippen LogP contribution in [0, 0.1) is 5.92 Å². The lowest BCUT2D eigenvalue weighted by molar-refractivity contribution is 0.137. The van der Waals surface area contributed by atoms with Gasteiger partial charge in [0, 0.05) is 41.2 Å². The lowest BCUT2D eigenvalue weighted by Gasteiger charge is -2.37. The fraction of sp³-hybridized carbons (Fsp3) is 0.324. The second-order valence-corrected chi connectivity index (χ2v) is 12.0. The zero-order chi connectivity index (χ0) is 29.6. The first-order valence-electron chi connectivity index (χ1n) is 14.8. The average molecular weight is 620 g/mol. The smallest absolute Gasteiger partial charge is 0.181 e. The molecular formula is C34H36Cl2N4O3. The number of rotatable bonds is 10. The molecule has 2 aliphatic rings. The highest BCUT2D eigenvalue weighted by Gasteiger charge is 2.28. The molecule has 1 fully saturated rings. The van der Waals surface area contributed by atoms with Crippen molar-refractivity contribution in [3.8, 4) is 22.6 Å². The summed E-state index contributed by atoms with van der Waals surface area (Å²) in [7, 11) is 0. The molecule has 7 nitrogen and oxygen atoms in total. The van der Waals surface area contributed by atoms with Crippen LogP contribution >= 0.6 is 23.2 Å². The quantitative estimate of drug-likeness (QED) is 0.169. The molecule has 0 amide bonds. The third-order valence-corrected chi connectivity index (χ3v) is 8.68. The summed E-state index contributed by atoms with van der Waals surface area (Å²) in [4.78, 5) is 6.78. The van der Waals surface area contributed by atoms with Crippen LogP contribution in [-0.4, -0.2) is 54.2 Å². The van der Waals surface area contributed by atoms with Gasteiger partial charge in [-0.05, 0) is 96.4 Å². The van der Waals surface area contributed by atoms with Gasteiger partial charge in [0.2, 0.25) is 0 Å². The molecule has 3 N–H and O–H groups in total. The molecule has 0 saturated carbocycles. The topological polar surface area (TPSA) is 78.9 Å². The summed E-state index contributed by atoms with van der Waals surface area (Å²) < 4.78 is 11.5. The van der Waals surface area contributed by atoms with Crippen LogP contribution in [0.1, 0.15) is 29.9 Å². The summed E-state index contributed by atoms with van der Waals surface area (Å²) in [5.74, 6) is 2.35. The molecule has 4 aromatic rings. The van der Waals surface area contributed by atoms with E-state index in [1.54, 1.807) is 24.4 Å². The lowest BCUT2D eigenvalue weighted by Crippen LogP contribution is -2.42. The third-order valence-electron chi connectivity index (χ3n) is 8.24. The van der Waals surface area contributed by atoms with Crippen molar-refractivity contribution in [1.29, 1.82) is 0 Å². The standard InChI is InChI=1S/C34H36Cl2N4O3/c35-28-17-29(36)19-30(18-28)39-34(41)38-21-31(25-6-4-24(5-7-25)27-2-1-11-37-20-27)26-9-12-40(13-10-26)22-23-3-8-32-33(16-23)43-15-14-42-32/h1-8,11,16-20,26,31,34,38-39,41H,9-10,12-15,21-22H2. The lowest BCUT2D eigenvalue weighted by atomic mass is 9.79. The van der Waals surface area contributed by atoms with Crippen LogP contribution in [0.3, 0.4) is 0 Å². The Balaban J connectivity index is 1.12. The van der Waals surface area contributed by atoms with E-state index in [4.69, 9.17) is 32.7 Å². The maximum Gasteiger partial charge on any atom is 0.181 e. The van der Waals surface area contributed by atoms with Gasteiger partial charge < -0.3 is 19.9 Å². The molecule has 1 saturated heterocycles. The zero-order valence-electron chi connectivity index (χ0n) is 23.9. The SMILES string of the molecule is OC(NCC(c1ccc(-c2cccnc2)cc1)C1CCN(Cc2ccc3c(c2)OCCO3)CC1)Nc1cc(Cl)cc(Cl)c1. The van der Waals surface area contributed by atoms with Crippen molar-refractivity contribution in [3.63, 3.8) is 0 Å². The maximum atomic E-state index is 10.8. The predicted octanol–water partition coefficient (Wildman–Crippen LogP) is 6.80. The second-order valence-electron chi connectivity index (χ2n) is 11.2. The van der Waals surface area contributed by atoms with E-state index in [9.17, 15) is 5.11 Å². The minimum Gasteiger partial charge on any atom is -0.486 e. The van der Waals surface area contributed by atoms with Crippen LogP contribution in [0.4, 0.5) is 5.69 Å². The predicted molar refractivity (Wildman–Crippen MR) is 172 cm³/mol. The Labute approximate surface area is 262 Å². The molecule has 3 aromatic carbocycles. The van der Waals surface area contributed by atoms with Gasteiger partial charge in [-0.15, -0.1) is 0 Å². The number of aromatic nitrogens is 1. The number of fused-ring (bicyclic) bond motifs is 1. The Morgan fingerprint density at radius 2 is 1.63 bits per heavy atom. The Hall–Kier alpha value is -3.33. The van der Waals surface area contributed by atoms with Gasteiger partial charge in [0.05, 0.1) is 0 Å². The third kappa shape index (κ3) is 7.80.